The molecule has 1 N–H and O–H groups in total. The van der Waals surface area contributed by atoms with Gasteiger partial charge < -0.3 is 19.3 Å². The lowest BCUT2D eigenvalue weighted by atomic mass is 10.1. The van der Waals surface area contributed by atoms with E-state index in [-0.39, 0.29) is 24.9 Å². The van der Waals surface area contributed by atoms with Gasteiger partial charge in [-0.15, -0.1) is 0 Å². The van der Waals surface area contributed by atoms with E-state index in [4.69, 9.17) is 9.47 Å². The van der Waals surface area contributed by atoms with Gasteiger partial charge in [0.25, 0.3) is 5.56 Å². The van der Waals surface area contributed by atoms with Crippen molar-refractivity contribution in [3.05, 3.63) is 40.1 Å². The number of nitrogens with zero attached hydrogens (tertiary/aromatic N) is 5. The number of anilines is 1. The number of halogens is 6. The van der Waals surface area contributed by atoms with E-state index in [1.165, 1.54) is 0 Å². The lowest BCUT2D eigenvalue weighted by Gasteiger charge is -2.35. The number of carbonyl (C=O) groups excluding carboxylic acids is 1. The molecule has 16 heteroatoms. The highest BCUT2D eigenvalue weighted by Crippen LogP contribution is 2.33. The lowest BCUT2D eigenvalue weighted by Crippen LogP contribution is -2.49. The topological polar surface area (TPSA) is 114 Å². The van der Waals surface area contributed by atoms with Gasteiger partial charge >= 0.3 is 12.4 Å². The molecule has 2 aliphatic rings. The van der Waals surface area contributed by atoms with E-state index < -0.39 is 47.0 Å². The van der Waals surface area contributed by atoms with Gasteiger partial charge in [-0.25, -0.2) is 15.1 Å². The zero-order chi connectivity index (χ0) is 26.8. The second kappa shape index (κ2) is 10.5. The maximum Gasteiger partial charge on any atom is 0.425 e. The smallest absolute Gasteiger partial charge is 0.425 e. The first-order chi connectivity index (χ1) is 17.4. The summed E-state index contributed by atoms with van der Waals surface area (Å²) in [7, 11) is 0. The summed E-state index contributed by atoms with van der Waals surface area (Å²) in [6.45, 7) is 1.07. The van der Waals surface area contributed by atoms with Gasteiger partial charge in [-0.1, -0.05) is 0 Å². The molecule has 2 saturated heterocycles. The van der Waals surface area contributed by atoms with E-state index in [0.29, 0.717) is 51.4 Å². The van der Waals surface area contributed by atoms with Gasteiger partial charge in [-0.05, 0) is 12.8 Å². The largest absolute Gasteiger partial charge is 0.488 e. The fourth-order valence-corrected chi connectivity index (χ4v) is 4.11. The van der Waals surface area contributed by atoms with E-state index in [0.717, 1.165) is 6.20 Å². The van der Waals surface area contributed by atoms with Crippen LogP contribution in [0.4, 0.5) is 32.3 Å². The molecule has 37 heavy (non-hydrogen) atoms. The van der Waals surface area contributed by atoms with E-state index >= 15 is 0 Å². The van der Waals surface area contributed by atoms with Crippen molar-refractivity contribution in [1.29, 1.82) is 0 Å². The van der Waals surface area contributed by atoms with Crippen molar-refractivity contribution in [2.75, 3.05) is 37.7 Å². The Morgan fingerprint density at radius 2 is 1.65 bits per heavy atom. The number of aromatic amines is 1. The van der Waals surface area contributed by atoms with Crippen molar-refractivity contribution in [2.24, 2.45) is 0 Å². The Morgan fingerprint density at radius 3 is 2.27 bits per heavy atom. The van der Waals surface area contributed by atoms with Gasteiger partial charge in [0, 0.05) is 38.6 Å². The van der Waals surface area contributed by atoms with Crippen molar-refractivity contribution in [3.63, 3.8) is 0 Å². The number of aromatic nitrogens is 4. The van der Waals surface area contributed by atoms with Crippen LogP contribution in [0.3, 0.4) is 0 Å². The van der Waals surface area contributed by atoms with Gasteiger partial charge in [0.1, 0.15) is 6.61 Å². The molecule has 4 heterocycles. The number of ether oxygens (including phenoxy) is 2. The third-order valence-corrected chi connectivity index (χ3v) is 6.01. The third-order valence-electron chi connectivity index (χ3n) is 6.01. The highest BCUT2D eigenvalue weighted by atomic mass is 19.4. The summed E-state index contributed by atoms with van der Waals surface area (Å²) in [5, 5.41) is 5.06. The van der Waals surface area contributed by atoms with E-state index in [1.807, 2.05) is 0 Å². The number of hydrogen-bond acceptors (Lipinski definition) is 8. The number of hydrogen-bond donors (Lipinski definition) is 1. The second-order valence-corrected chi connectivity index (χ2v) is 8.55. The summed E-state index contributed by atoms with van der Waals surface area (Å²) in [5.41, 5.74) is -3.83. The Kier molecular flexibility index (Phi) is 7.57. The predicted molar refractivity (Wildman–Crippen MR) is 114 cm³/mol. The maximum atomic E-state index is 13.1. The van der Waals surface area contributed by atoms with Crippen molar-refractivity contribution < 1.29 is 40.6 Å². The number of H-pyrrole nitrogens is 1. The van der Waals surface area contributed by atoms with E-state index in [1.54, 1.807) is 14.9 Å². The normalized spacial score (nSPS) is 20.8. The molecule has 1 amide bonds. The highest BCUT2D eigenvalue weighted by Gasteiger charge is 2.39. The molecule has 2 aromatic heterocycles. The monoisotopic (exact) mass is 536 g/mol. The quantitative estimate of drug-likeness (QED) is 0.560. The molecule has 2 aromatic rings. The number of rotatable bonds is 6. The minimum Gasteiger partial charge on any atom is -0.488 e. The third kappa shape index (κ3) is 6.47. The minimum absolute atomic E-state index is 0.0631. The molecule has 0 aromatic carbocycles. The van der Waals surface area contributed by atoms with Crippen LogP contribution in [0.2, 0.25) is 0 Å². The molecule has 4 rings (SSSR count). The molecule has 202 valence electrons. The van der Waals surface area contributed by atoms with Crippen LogP contribution in [-0.4, -0.2) is 76.0 Å². The number of carbonyl (C=O) groups is 1. The van der Waals surface area contributed by atoms with Crippen LogP contribution in [0.25, 0.3) is 0 Å². The summed E-state index contributed by atoms with van der Waals surface area (Å²) in [6, 6.07) is 0. The average Bonchev–Trinajstić information content (AvgIpc) is 3.28. The molecule has 0 spiro atoms. The molecule has 2 atom stereocenters. The standard InChI is InChI=1S/C21H22F6N6O4/c22-20(23,24)12-8-28-19(29-9-12)33-5-3-32(4-6-33)16(34)7-13-1-2-14(37-13)11-36-15-10-30-31-18(35)17(15)21(25,26)27/h8-10,13-14H,1-7,11H2,(H,31,35)/t13-,14-/m1/s1. The van der Waals surface area contributed by atoms with Gasteiger partial charge in [0.05, 0.1) is 30.4 Å². The summed E-state index contributed by atoms with van der Waals surface area (Å²) in [4.78, 5) is 35.0. The molecule has 2 fully saturated rings. The first-order valence-electron chi connectivity index (χ1n) is 11.3. The molecular formula is C21H22F6N6O4. The van der Waals surface area contributed by atoms with Crippen LogP contribution in [0, 0.1) is 0 Å². The molecular weight excluding hydrogens is 514 g/mol. The van der Waals surface area contributed by atoms with Crippen LogP contribution in [0.5, 0.6) is 5.75 Å². The zero-order valence-corrected chi connectivity index (χ0v) is 19.2. The van der Waals surface area contributed by atoms with Crippen LogP contribution in [0.1, 0.15) is 30.4 Å². The second-order valence-electron chi connectivity index (χ2n) is 8.55. The Hall–Kier alpha value is -3.43. The van der Waals surface area contributed by atoms with Crippen LogP contribution < -0.4 is 15.2 Å². The fraction of sp³-hybridized carbons (Fsp3) is 0.571. The molecule has 0 aliphatic carbocycles. The summed E-state index contributed by atoms with van der Waals surface area (Å²) >= 11 is 0. The molecule has 0 bridgehead atoms. The summed E-state index contributed by atoms with van der Waals surface area (Å²) in [6.07, 6.45) is -7.23. The minimum atomic E-state index is -4.92. The maximum absolute atomic E-state index is 13.1. The van der Waals surface area contributed by atoms with Crippen LogP contribution in [-0.2, 0) is 21.9 Å². The van der Waals surface area contributed by atoms with Gasteiger partial charge in [-0.3, -0.25) is 9.59 Å². The van der Waals surface area contributed by atoms with E-state index in [2.05, 4.69) is 15.1 Å². The number of amides is 1. The Morgan fingerprint density at radius 1 is 1.00 bits per heavy atom. The fourth-order valence-electron chi connectivity index (χ4n) is 4.11. The van der Waals surface area contributed by atoms with Gasteiger partial charge in [0.15, 0.2) is 11.3 Å². The summed E-state index contributed by atoms with van der Waals surface area (Å²) in [5.74, 6) is -0.738. The molecule has 10 nitrogen and oxygen atoms in total. The lowest BCUT2D eigenvalue weighted by molar-refractivity contribution is -0.141. The Labute approximate surface area is 205 Å². The van der Waals surface area contributed by atoms with Crippen molar-refractivity contribution in [2.45, 2.75) is 43.8 Å². The van der Waals surface area contributed by atoms with Crippen molar-refractivity contribution in [3.8, 4) is 5.75 Å². The zero-order valence-electron chi connectivity index (χ0n) is 19.2. The van der Waals surface area contributed by atoms with Crippen LogP contribution in [0.15, 0.2) is 23.4 Å². The molecule has 0 unspecified atom stereocenters. The average molecular weight is 536 g/mol. The first kappa shape index (κ1) is 26.6. The molecule has 0 radical (unpaired) electrons. The first-order valence-corrected chi connectivity index (χ1v) is 11.3. The molecule has 2 aliphatic heterocycles. The molecule has 0 saturated carbocycles. The Balaban J connectivity index is 1.23. The van der Waals surface area contributed by atoms with Crippen molar-refractivity contribution >= 4 is 11.9 Å². The van der Waals surface area contributed by atoms with Crippen LogP contribution >= 0.6 is 0 Å². The predicted octanol–water partition coefficient (Wildman–Crippen LogP) is 2.26. The van der Waals surface area contributed by atoms with Gasteiger partial charge in [-0.2, -0.15) is 31.4 Å². The van der Waals surface area contributed by atoms with Gasteiger partial charge in [0.2, 0.25) is 11.9 Å². The van der Waals surface area contributed by atoms with Crippen molar-refractivity contribution in [1.82, 2.24) is 25.1 Å². The SMILES string of the molecule is O=C(C[C@H]1CC[C@H](COc2cn[nH]c(=O)c2C(F)(F)F)O1)N1CCN(c2ncc(C(F)(F)F)cn2)CC1. The summed E-state index contributed by atoms with van der Waals surface area (Å²) < 4.78 is 88.3. The highest BCUT2D eigenvalue weighted by molar-refractivity contribution is 5.77. The number of piperazine rings is 1. The number of nitrogens with one attached hydrogen (secondary N) is 1. The Bertz CT molecular complexity index is 1150. The van der Waals surface area contributed by atoms with E-state index in [9.17, 15) is 35.9 Å². The number of alkyl halides is 6.